The number of ether oxygens (including phenoxy) is 2. The zero-order chi connectivity index (χ0) is 23.0. The highest BCUT2D eigenvalue weighted by atomic mass is 32.1. The number of thiazole rings is 1. The summed E-state index contributed by atoms with van der Waals surface area (Å²) in [5.74, 6) is -0.472. The summed E-state index contributed by atoms with van der Waals surface area (Å²) in [6.07, 6.45) is 1.91. The van der Waals surface area contributed by atoms with E-state index in [4.69, 9.17) is 9.47 Å². The van der Waals surface area contributed by atoms with E-state index >= 15 is 0 Å². The largest absolute Gasteiger partial charge is 0.466 e. The summed E-state index contributed by atoms with van der Waals surface area (Å²) in [5.41, 5.74) is 3.97. The monoisotopic (exact) mass is 471 g/mol. The molecular weight excluding hydrogens is 446 g/mol. The van der Waals surface area contributed by atoms with Crippen molar-refractivity contribution < 1.29 is 14.3 Å². The minimum atomic E-state index is -0.546. The van der Waals surface area contributed by atoms with E-state index < -0.39 is 12.0 Å². The van der Waals surface area contributed by atoms with E-state index in [1.165, 1.54) is 29.8 Å². The van der Waals surface area contributed by atoms with Gasteiger partial charge in [0, 0.05) is 29.9 Å². The van der Waals surface area contributed by atoms with Crippen LogP contribution in [0.4, 0.5) is 0 Å². The van der Waals surface area contributed by atoms with E-state index in [-0.39, 0.29) is 5.56 Å². The Labute approximate surface area is 193 Å². The first-order valence-corrected chi connectivity index (χ1v) is 11.9. The number of esters is 1. The molecule has 0 saturated carbocycles. The fraction of sp³-hybridized carbons (Fsp3) is 0.348. The lowest BCUT2D eigenvalue weighted by Gasteiger charge is -2.22. The van der Waals surface area contributed by atoms with E-state index in [0.717, 1.165) is 28.4 Å². The molecule has 0 saturated heterocycles. The van der Waals surface area contributed by atoms with Crippen LogP contribution in [0.2, 0.25) is 0 Å². The van der Waals surface area contributed by atoms with Gasteiger partial charge in [0.1, 0.15) is 6.04 Å². The first-order valence-electron chi connectivity index (χ1n) is 10.2. The molecule has 0 bridgehead atoms. The summed E-state index contributed by atoms with van der Waals surface area (Å²) in [7, 11) is 3.03. The molecule has 1 atom stereocenters. The second-order valence-corrected chi connectivity index (χ2v) is 9.55. The van der Waals surface area contributed by atoms with Crippen LogP contribution < -0.4 is 14.9 Å². The number of fused-ring (bicyclic) bond motifs is 1. The minimum Gasteiger partial charge on any atom is -0.466 e. The lowest BCUT2D eigenvalue weighted by atomic mass is 10.0. The number of aryl methyl sites for hydroxylation is 1. The highest BCUT2D eigenvalue weighted by molar-refractivity contribution is 7.10. The number of hydrogen-bond donors (Lipinski definition) is 0. The second kappa shape index (κ2) is 9.01. The number of hydrogen-bond acceptors (Lipinski definition) is 7. The molecule has 0 aliphatic carbocycles. The number of nitrogens with zero attached hydrogens (tertiary/aromatic N) is 3. The summed E-state index contributed by atoms with van der Waals surface area (Å²) in [6, 6.07) is 5.37. The van der Waals surface area contributed by atoms with E-state index in [1.807, 2.05) is 37.4 Å². The molecule has 4 heterocycles. The van der Waals surface area contributed by atoms with Crippen molar-refractivity contribution in [2.75, 3.05) is 20.8 Å². The van der Waals surface area contributed by atoms with E-state index in [1.54, 1.807) is 18.6 Å². The Morgan fingerprint density at radius 2 is 2.06 bits per heavy atom. The molecule has 9 heteroatoms. The third kappa shape index (κ3) is 3.80. The fourth-order valence-electron chi connectivity index (χ4n) is 4.05. The maximum atomic E-state index is 13.5. The Morgan fingerprint density at radius 1 is 1.28 bits per heavy atom. The van der Waals surface area contributed by atoms with Crippen molar-refractivity contribution in [3.63, 3.8) is 0 Å². The number of methoxy groups -OCH3 is 2. The minimum absolute atomic E-state index is 0.164. The molecule has 1 aliphatic heterocycles. The molecule has 1 unspecified atom stereocenters. The Bertz CT molecular complexity index is 1370. The van der Waals surface area contributed by atoms with Crippen LogP contribution in [0.1, 0.15) is 34.8 Å². The van der Waals surface area contributed by atoms with Gasteiger partial charge in [-0.1, -0.05) is 17.4 Å². The van der Waals surface area contributed by atoms with Gasteiger partial charge in [0.15, 0.2) is 4.80 Å². The van der Waals surface area contributed by atoms with Crippen LogP contribution in [0.25, 0.3) is 6.08 Å². The lowest BCUT2D eigenvalue weighted by molar-refractivity contribution is -0.136. The van der Waals surface area contributed by atoms with Gasteiger partial charge < -0.3 is 14.0 Å². The van der Waals surface area contributed by atoms with Crippen molar-refractivity contribution in [2.45, 2.75) is 33.4 Å². The summed E-state index contributed by atoms with van der Waals surface area (Å²) < 4.78 is 14.6. The smallest absolute Gasteiger partial charge is 0.338 e. The molecule has 0 aromatic carbocycles. The maximum Gasteiger partial charge on any atom is 0.338 e. The molecule has 0 spiro atoms. The summed E-state index contributed by atoms with van der Waals surface area (Å²) in [6.45, 7) is 7.25. The van der Waals surface area contributed by atoms with Gasteiger partial charge >= 0.3 is 5.97 Å². The molecule has 0 radical (unpaired) electrons. The number of aromatic nitrogens is 2. The topological polar surface area (TPSA) is 74.8 Å². The molecule has 7 nitrogen and oxygen atoms in total. The molecule has 1 aliphatic rings. The van der Waals surface area contributed by atoms with Gasteiger partial charge in [-0.25, -0.2) is 9.79 Å². The number of carbonyl (C=O) groups is 1. The van der Waals surface area contributed by atoms with Crippen LogP contribution in [0, 0.1) is 13.8 Å². The summed E-state index contributed by atoms with van der Waals surface area (Å²) in [4.78, 5) is 32.2. The first-order chi connectivity index (χ1) is 15.4. The molecule has 4 rings (SSSR count). The van der Waals surface area contributed by atoms with Crippen molar-refractivity contribution in [2.24, 2.45) is 4.99 Å². The van der Waals surface area contributed by atoms with Crippen LogP contribution in [0.15, 0.2) is 44.6 Å². The third-order valence-electron chi connectivity index (χ3n) is 5.66. The summed E-state index contributed by atoms with van der Waals surface area (Å²) >= 11 is 2.84. The molecule has 168 valence electrons. The highest BCUT2D eigenvalue weighted by Crippen LogP contribution is 2.33. The van der Waals surface area contributed by atoms with Crippen LogP contribution in [-0.4, -0.2) is 35.9 Å². The highest BCUT2D eigenvalue weighted by Gasteiger charge is 2.33. The molecule has 0 fully saturated rings. The van der Waals surface area contributed by atoms with E-state index in [0.29, 0.717) is 27.2 Å². The van der Waals surface area contributed by atoms with Crippen LogP contribution in [0.3, 0.4) is 0 Å². The number of carbonyl (C=O) groups excluding carboxylic acids is 1. The van der Waals surface area contributed by atoms with Crippen molar-refractivity contribution in [3.05, 3.63) is 76.4 Å². The van der Waals surface area contributed by atoms with E-state index in [2.05, 4.69) is 15.6 Å². The van der Waals surface area contributed by atoms with Crippen molar-refractivity contribution in [1.82, 2.24) is 9.13 Å². The molecule has 3 aromatic rings. The number of allylic oxidation sites excluding steroid dienone is 1. The Hall–Kier alpha value is -2.75. The van der Waals surface area contributed by atoms with E-state index in [9.17, 15) is 9.59 Å². The SMILES string of the molecule is COCCn1c(C)cc(C=c2sc3n(c2=O)C(c2cccs2)C(C(=O)OC)=C(C)N=3)c1C. The van der Waals surface area contributed by atoms with Crippen molar-refractivity contribution in [3.8, 4) is 0 Å². The predicted molar refractivity (Wildman–Crippen MR) is 126 cm³/mol. The zero-order valence-electron chi connectivity index (χ0n) is 18.7. The third-order valence-corrected chi connectivity index (χ3v) is 7.57. The maximum absolute atomic E-state index is 13.5. The zero-order valence-corrected chi connectivity index (χ0v) is 20.3. The second-order valence-electron chi connectivity index (χ2n) is 7.56. The lowest BCUT2D eigenvalue weighted by Crippen LogP contribution is -2.39. The Balaban J connectivity index is 1.90. The normalized spacial score (nSPS) is 16.3. The Morgan fingerprint density at radius 3 is 2.72 bits per heavy atom. The van der Waals surface area contributed by atoms with Gasteiger partial charge in [0.2, 0.25) is 0 Å². The average Bonchev–Trinajstić information content (AvgIpc) is 3.46. The standard InChI is InChI=1S/C23H25N3O4S2/c1-13-11-16(15(3)25(13)8-9-29-4)12-18-21(27)26-20(17-7-6-10-31-17)19(22(28)30-5)14(2)24-23(26)32-18/h6-7,10-12,20H,8-9H2,1-5H3. The first kappa shape index (κ1) is 22.4. The molecular formula is C23H25N3O4S2. The quantitative estimate of drug-likeness (QED) is 0.518. The average molecular weight is 472 g/mol. The van der Waals surface area contributed by atoms with Gasteiger partial charge in [-0.15, -0.1) is 11.3 Å². The fourth-order valence-corrected chi connectivity index (χ4v) is 5.91. The van der Waals surface area contributed by atoms with Gasteiger partial charge in [-0.3, -0.25) is 9.36 Å². The molecule has 0 N–H and O–H groups in total. The summed E-state index contributed by atoms with van der Waals surface area (Å²) in [5, 5.41) is 1.93. The van der Waals surface area contributed by atoms with Crippen LogP contribution >= 0.6 is 22.7 Å². The number of rotatable bonds is 6. The Kier molecular flexibility index (Phi) is 6.32. The van der Waals surface area contributed by atoms with Gasteiger partial charge in [0.05, 0.1) is 29.5 Å². The van der Waals surface area contributed by atoms with Gasteiger partial charge in [0.25, 0.3) is 5.56 Å². The molecule has 32 heavy (non-hydrogen) atoms. The van der Waals surface area contributed by atoms with Crippen LogP contribution in [0.5, 0.6) is 0 Å². The predicted octanol–water partition coefficient (Wildman–Crippen LogP) is 2.53. The van der Waals surface area contributed by atoms with Crippen molar-refractivity contribution in [1.29, 1.82) is 0 Å². The molecule has 0 amide bonds. The van der Waals surface area contributed by atoms with Gasteiger partial charge in [-0.05, 0) is 49.9 Å². The van der Waals surface area contributed by atoms with Crippen LogP contribution in [-0.2, 0) is 20.8 Å². The molecule has 3 aromatic heterocycles. The van der Waals surface area contributed by atoms with Gasteiger partial charge in [-0.2, -0.15) is 0 Å². The van der Waals surface area contributed by atoms with Crippen molar-refractivity contribution >= 4 is 34.7 Å². The number of thiophene rings is 1.